The third-order valence-corrected chi connectivity index (χ3v) is 6.66. The number of ether oxygens (including phenoxy) is 4. The molecule has 0 fully saturated rings. The van der Waals surface area contributed by atoms with Crippen molar-refractivity contribution in [3.05, 3.63) is 0 Å². The lowest BCUT2D eigenvalue weighted by Crippen LogP contribution is -2.28. The van der Waals surface area contributed by atoms with E-state index >= 15 is 0 Å². The minimum absolute atomic E-state index is 0.0737. The maximum Gasteiger partial charge on any atom is 0.220 e. The Balaban J connectivity index is 3.26. The van der Waals surface area contributed by atoms with E-state index in [1.165, 1.54) is 12.8 Å². The summed E-state index contributed by atoms with van der Waals surface area (Å²) in [5.74, 6) is 2.08. The van der Waals surface area contributed by atoms with E-state index in [-0.39, 0.29) is 11.8 Å². The van der Waals surface area contributed by atoms with Crippen LogP contribution >= 0.6 is 11.8 Å². The van der Waals surface area contributed by atoms with Gasteiger partial charge in [0, 0.05) is 31.7 Å². The van der Waals surface area contributed by atoms with Crippen molar-refractivity contribution in [3.63, 3.8) is 0 Å². The second-order valence-corrected chi connectivity index (χ2v) is 12.7. The Morgan fingerprint density at radius 1 is 0.595 bits per heavy atom. The summed E-state index contributed by atoms with van der Waals surface area (Å²) < 4.78 is 21.9. The first-order valence-electron chi connectivity index (χ1n) is 13.9. The molecule has 0 aromatic carbocycles. The Hall–Kier alpha value is -0.870. The number of carbonyl (C=O) groups excluding carboxylic acids is 2. The number of amides is 2. The van der Waals surface area contributed by atoms with Gasteiger partial charge in [-0.2, -0.15) is 11.8 Å². The van der Waals surface area contributed by atoms with Crippen molar-refractivity contribution >= 4 is 23.6 Å². The SMILES string of the molecule is CC(C)(C)CCCCCC(=O)NCCOCCOCCOCCOCCNC(=O)CCSCC(C)(C)C. The monoisotopic (exact) mass is 548 g/mol. The van der Waals surface area contributed by atoms with E-state index in [2.05, 4.69) is 52.2 Å². The molecule has 0 atom stereocenters. The zero-order valence-corrected chi connectivity index (χ0v) is 25.4. The fourth-order valence-electron chi connectivity index (χ4n) is 3.12. The average molecular weight is 549 g/mol. The lowest BCUT2D eigenvalue weighted by Gasteiger charge is -2.17. The summed E-state index contributed by atoms with van der Waals surface area (Å²) in [4.78, 5) is 23.6. The molecule has 2 amide bonds. The third kappa shape index (κ3) is 31.2. The molecule has 0 saturated carbocycles. The van der Waals surface area contributed by atoms with Crippen LogP contribution in [0.2, 0.25) is 0 Å². The summed E-state index contributed by atoms with van der Waals surface area (Å²) in [5.41, 5.74) is 0.669. The Kier molecular flexibility index (Phi) is 22.5. The van der Waals surface area contributed by atoms with Crippen molar-refractivity contribution in [1.82, 2.24) is 10.6 Å². The number of nitrogens with one attached hydrogen (secondary N) is 2. The zero-order valence-electron chi connectivity index (χ0n) is 24.6. The molecule has 0 unspecified atom stereocenters. The zero-order chi connectivity index (χ0) is 27.8. The van der Waals surface area contributed by atoms with Gasteiger partial charge >= 0.3 is 0 Å². The van der Waals surface area contributed by atoms with E-state index in [4.69, 9.17) is 18.9 Å². The van der Waals surface area contributed by atoms with Crippen LogP contribution in [-0.2, 0) is 28.5 Å². The molecule has 0 aromatic heterocycles. The molecule has 0 aliphatic heterocycles. The van der Waals surface area contributed by atoms with Crippen LogP contribution in [0.5, 0.6) is 0 Å². The van der Waals surface area contributed by atoms with Crippen molar-refractivity contribution in [2.45, 2.75) is 80.1 Å². The fraction of sp³-hybridized carbons (Fsp3) is 0.929. The van der Waals surface area contributed by atoms with Crippen LogP contribution in [0.4, 0.5) is 0 Å². The summed E-state index contributed by atoms with van der Waals surface area (Å²) >= 11 is 1.82. The molecule has 220 valence electrons. The lowest BCUT2D eigenvalue weighted by molar-refractivity contribution is -0.122. The van der Waals surface area contributed by atoms with Crippen LogP contribution in [-0.4, -0.2) is 89.3 Å². The predicted molar refractivity (Wildman–Crippen MR) is 153 cm³/mol. The maximum absolute atomic E-state index is 11.8. The third-order valence-electron chi connectivity index (χ3n) is 5.09. The van der Waals surface area contributed by atoms with Gasteiger partial charge in [0.05, 0.1) is 52.9 Å². The number of unbranched alkanes of at least 4 members (excludes halogenated alkanes) is 2. The van der Waals surface area contributed by atoms with E-state index in [9.17, 15) is 9.59 Å². The van der Waals surface area contributed by atoms with Crippen molar-refractivity contribution in [2.24, 2.45) is 10.8 Å². The summed E-state index contributed by atoms with van der Waals surface area (Å²) in [6.07, 6.45) is 5.56. The number of hydrogen-bond acceptors (Lipinski definition) is 7. The molecule has 0 rings (SSSR count). The summed E-state index contributed by atoms with van der Waals surface area (Å²) in [5, 5.41) is 5.77. The van der Waals surface area contributed by atoms with Gasteiger partial charge in [-0.15, -0.1) is 0 Å². The molecule has 9 heteroatoms. The molecule has 0 radical (unpaired) electrons. The van der Waals surface area contributed by atoms with Crippen LogP contribution in [0, 0.1) is 10.8 Å². The molecular formula is C28H56N2O6S. The molecule has 0 aliphatic rings. The topological polar surface area (TPSA) is 95.1 Å². The van der Waals surface area contributed by atoms with Crippen LogP contribution in [0.25, 0.3) is 0 Å². The van der Waals surface area contributed by atoms with E-state index in [0.717, 1.165) is 24.3 Å². The van der Waals surface area contributed by atoms with Crippen LogP contribution in [0.3, 0.4) is 0 Å². The number of thioether (sulfide) groups is 1. The molecule has 8 nitrogen and oxygen atoms in total. The number of carbonyl (C=O) groups is 2. The summed E-state index contributed by atoms with van der Waals surface area (Å²) in [6, 6.07) is 0. The quantitative estimate of drug-likeness (QED) is 0.172. The summed E-state index contributed by atoms with van der Waals surface area (Å²) in [6.45, 7) is 18.3. The predicted octanol–water partition coefficient (Wildman–Crippen LogP) is 4.45. The molecule has 2 N–H and O–H groups in total. The Morgan fingerprint density at radius 3 is 1.51 bits per heavy atom. The highest BCUT2D eigenvalue weighted by Gasteiger charge is 2.11. The van der Waals surface area contributed by atoms with Gasteiger partial charge in [-0.3, -0.25) is 9.59 Å². The molecule has 0 aromatic rings. The second-order valence-electron chi connectivity index (χ2n) is 11.6. The normalized spacial score (nSPS) is 12.1. The van der Waals surface area contributed by atoms with E-state index < -0.39 is 0 Å². The Bertz CT molecular complexity index is 564. The minimum atomic E-state index is 0.0737. The lowest BCUT2D eigenvalue weighted by atomic mass is 9.89. The van der Waals surface area contributed by atoms with Gasteiger partial charge in [0.2, 0.25) is 11.8 Å². The van der Waals surface area contributed by atoms with Crippen molar-refractivity contribution in [1.29, 1.82) is 0 Å². The largest absolute Gasteiger partial charge is 0.377 e. The van der Waals surface area contributed by atoms with Gasteiger partial charge in [-0.1, -0.05) is 54.4 Å². The molecule has 37 heavy (non-hydrogen) atoms. The standard InChI is InChI=1S/C28H56N2O6S/c1-27(2,3)12-9-7-8-10-25(31)29-13-15-33-17-19-35-21-22-36-20-18-34-16-14-30-26(32)11-23-37-24-28(4,5)6/h7-24H2,1-6H3,(H,29,31)(H,30,32). The number of hydrogen-bond donors (Lipinski definition) is 2. The Labute approximate surface area is 231 Å². The van der Waals surface area contributed by atoms with Gasteiger partial charge in [-0.25, -0.2) is 0 Å². The highest BCUT2D eigenvalue weighted by molar-refractivity contribution is 7.99. The smallest absolute Gasteiger partial charge is 0.220 e. The van der Waals surface area contributed by atoms with Gasteiger partial charge in [0.15, 0.2) is 0 Å². The van der Waals surface area contributed by atoms with Crippen molar-refractivity contribution in [2.75, 3.05) is 77.5 Å². The molecule has 0 spiro atoms. The number of rotatable bonds is 24. The fourth-order valence-corrected chi connectivity index (χ4v) is 4.21. The van der Waals surface area contributed by atoms with Crippen LogP contribution in [0.15, 0.2) is 0 Å². The molecule has 0 heterocycles. The van der Waals surface area contributed by atoms with Gasteiger partial charge in [0.25, 0.3) is 0 Å². The van der Waals surface area contributed by atoms with E-state index in [1.807, 2.05) is 11.8 Å². The molecule has 0 saturated heterocycles. The van der Waals surface area contributed by atoms with Gasteiger partial charge in [0.1, 0.15) is 0 Å². The first-order chi connectivity index (χ1) is 17.5. The average Bonchev–Trinajstić information content (AvgIpc) is 2.80. The second kappa shape index (κ2) is 23.1. The van der Waals surface area contributed by atoms with E-state index in [0.29, 0.717) is 89.6 Å². The van der Waals surface area contributed by atoms with Crippen molar-refractivity contribution in [3.8, 4) is 0 Å². The highest BCUT2D eigenvalue weighted by atomic mass is 32.2. The first-order valence-corrected chi connectivity index (χ1v) is 15.1. The molecular weight excluding hydrogens is 492 g/mol. The Morgan fingerprint density at radius 2 is 1.05 bits per heavy atom. The summed E-state index contributed by atoms with van der Waals surface area (Å²) in [7, 11) is 0. The van der Waals surface area contributed by atoms with E-state index in [1.54, 1.807) is 0 Å². The highest BCUT2D eigenvalue weighted by Crippen LogP contribution is 2.22. The molecule has 0 aliphatic carbocycles. The van der Waals surface area contributed by atoms with Crippen molar-refractivity contribution < 1.29 is 28.5 Å². The van der Waals surface area contributed by atoms with Crippen LogP contribution in [0.1, 0.15) is 80.1 Å². The van der Waals surface area contributed by atoms with Crippen LogP contribution < -0.4 is 10.6 Å². The molecule has 0 bridgehead atoms. The maximum atomic E-state index is 11.8. The van der Waals surface area contributed by atoms with Gasteiger partial charge in [-0.05, 0) is 29.4 Å². The first kappa shape index (κ1) is 36.1. The van der Waals surface area contributed by atoms with Gasteiger partial charge < -0.3 is 29.6 Å². The minimum Gasteiger partial charge on any atom is -0.377 e.